The van der Waals surface area contributed by atoms with Crippen LogP contribution in [-0.4, -0.2) is 21.4 Å². The smallest absolute Gasteiger partial charge is 0.343 e. The number of anilines is 1. The third-order valence-electron chi connectivity index (χ3n) is 7.04. The Balaban J connectivity index is 1.20. The fourth-order valence-electron chi connectivity index (χ4n) is 5.05. The quantitative estimate of drug-likeness (QED) is 0.198. The molecule has 1 fully saturated rings. The number of aromatic nitrogens is 2. The molecule has 6 rings (SSSR count). The molecular weight excluding hydrogens is 458 g/mol. The van der Waals surface area contributed by atoms with Crippen molar-refractivity contribution in [2.45, 2.75) is 38.1 Å². The van der Waals surface area contributed by atoms with Crippen molar-refractivity contribution in [1.29, 1.82) is 0 Å². The van der Waals surface area contributed by atoms with Crippen LogP contribution in [0.15, 0.2) is 103 Å². The lowest BCUT2D eigenvalue weighted by Crippen LogP contribution is -2.23. The van der Waals surface area contributed by atoms with Crippen LogP contribution in [0.3, 0.4) is 0 Å². The lowest BCUT2D eigenvalue weighted by Gasteiger charge is -2.24. The molecule has 37 heavy (non-hydrogen) atoms. The van der Waals surface area contributed by atoms with Crippen molar-refractivity contribution in [3.63, 3.8) is 0 Å². The summed E-state index contributed by atoms with van der Waals surface area (Å²) in [5.41, 5.74) is 5.49. The Hall–Kier alpha value is -4.38. The highest BCUT2D eigenvalue weighted by molar-refractivity contribution is 5.91. The first kappa shape index (κ1) is 23.0. The van der Waals surface area contributed by atoms with Gasteiger partial charge in [-0.05, 0) is 72.5 Å². The molecule has 5 aromatic rings. The van der Waals surface area contributed by atoms with Gasteiger partial charge in [0.15, 0.2) is 0 Å². The number of nitrogens with zero attached hydrogens (tertiary/aromatic N) is 2. The van der Waals surface area contributed by atoms with Gasteiger partial charge in [0, 0.05) is 17.8 Å². The maximum atomic E-state index is 12.8. The number of hydrogen-bond donors (Lipinski definition) is 1. The third-order valence-corrected chi connectivity index (χ3v) is 7.04. The Morgan fingerprint density at radius 3 is 2.19 bits per heavy atom. The third kappa shape index (κ3) is 4.98. The summed E-state index contributed by atoms with van der Waals surface area (Å²) in [6, 6.07) is 31.7. The largest absolute Gasteiger partial charge is 0.423 e. The number of benzene rings is 3. The van der Waals surface area contributed by atoms with Gasteiger partial charge in [-0.1, -0.05) is 67.8 Å². The Bertz CT molecular complexity index is 1500. The van der Waals surface area contributed by atoms with Gasteiger partial charge in [0.05, 0.1) is 5.56 Å². The van der Waals surface area contributed by atoms with Crippen molar-refractivity contribution in [2.75, 3.05) is 5.32 Å². The van der Waals surface area contributed by atoms with Gasteiger partial charge in [-0.15, -0.1) is 0 Å². The van der Waals surface area contributed by atoms with E-state index in [2.05, 4.69) is 15.9 Å². The van der Waals surface area contributed by atoms with E-state index in [0.29, 0.717) is 17.4 Å². The maximum absolute atomic E-state index is 12.8. The SMILES string of the molecule is O=C(Oc1ccc(-c2nc3ccccn3c2NC2CCCCC2)cc1)c1ccc(-c2ccccc2)cc1. The number of rotatable bonds is 6. The van der Waals surface area contributed by atoms with Crippen molar-refractivity contribution in [3.8, 4) is 28.1 Å². The predicted octanol–water partition coefficient (Wildman–Crippen LogP) is 7.63. The molecular formula is C32H29N3O2. The summed E-state index contributed by atoms with van der Waals surface area (Å²) in [6.45, 7) is 0. The van der Waals surface area contributed by atoms with E-state index >= 15 is 0 Å². The van der Waals surface area contributed by atoms with Gasteiger partial charge in [0.25, 0.3) is 0 Å². The van der Waals surface area contributed by atoms with Crippen LogP contribution < -0.4 is 10.1 Å². The van der Waals surface area contributed by atoms with Gasteiger partial charge >= 0.3 is 5.97 Å². The summed E-state index contributed by atoms with van der Waals surface area (Å²) in [5.74, 6) is 1.15. The molecule has 0 saturated heterocycles. The molecule has 2 heterocycles. The van der Waals surface area contributed by atoms with Crippen LogP contribution in [-0.2, 0) is 0 Å². The molecule has 0 aliphatic heterocycles. The summed E-state index contributed by atoms with van der Waals surface area (Å²) < 4.78 is 7.79. The van der Waals surface area contributed by atoms with Crippen LogP contribution in [0.5, 0.6) is 5.75 Å². The van der Waals surface area contributed by atoms with E-state index in [1.807, 2.05) is 84.9 Å². The van der Waals surface area contributed by atoms with Gasteiger partial charge in [-0.3, -0.25) is 4.40 Å². The second-order valence-electron chi connectivity index (χ2n) is 9.57. The summed E-state index contributed by atoms with van der Waals surface area (Å²) in [5, 5.41) is 3.77. The minimum absolute atomic E-state index is 0.375. The highest BCUT2D eigenvalue weighted by Crippen LogP contribution is 2.32. The van der Waals surface area contributed by atoms with Crippen LogP contribution in [0, 0.1) is 0 Å². The lowest BCUT2D eigenvalue weighted by molar-refractivity contribution is 0.0735. The number of hydrogen-bond acceptors (Lipinski definition) is 4. The van der Waals surface area contributed by atoms with Crippen molar-refractivity contribution in [2.24, 2.45) is 0 Å². The number of fused-ring (bicyclic) bond motifs is 1. The van der Waals surface area contributed by atoms with Crippen LogP contribution in [0.1, 0.15) is 42.5 Å². The first-order valence-corrected chi connectivity index (χ1v) is 13.0. The molecule has 1 saturated carbocycles. The van der Waals surface area contributed by atoms with Gasteiger partial charge in [0.1, 0.15) is 22.9 Å². The molecule has 0 atom stereocenters. The summed E-state index contributed by atoms with van der Waals surface area (Å²) >= 11 is 0. The lowest BCUT2D eigenvalue weighted by atomic mass is 9.95. The number of carbonyl (C=O) groups excluding carboxylic acids is 1. The summed E-state index contributed by atoms with van der Waals surface area (Å²) in [6.07, 6.45) is 8.25. The topological polar surface area (TPSA) is 55.6 Å². The number of nitrogens with one attached hydrogen (secondary N) is 1. The van der Waals surface area contributed by atoms with E-state index in [1.165, 1.54) is 32.1 Å². The molecule has 184 valence electrons. The van der Waals surface area contributed by atoms with Gasteiger partial charge in [0.2, 0.25) is 0 Å². The van der Waals surface area contributed by atoms with Gasteiger partial charge in [-0.25, -0.2) is 9.78 Å². The predicted molar refractivity (Wildman–Crippen MR) is 148 cm³/mol. The van der Waals surface area contributed by atoms with E-state index in [-0.39, 0.29) is 5.97 Å². The zero-order valence-corrected chi connectivity index (χ0v) is 20.6. The summed E-state index contributed by atoms with van der Waals surface area (Å²) in [7, 11) is 0. The fourth-order valence-corrected chi connectivity index (χ4v) is 5.05. The fraction of sp³-hybridized carbons (Fsp3) is 0.188. The number of carbonyl (C=O) groups is 1. The normalized spacial score (nSPS) is 13.9. The molecule has 0 bridgehead atoms. The molecule has 0 amide bonds. The van der Waals surface area contributed by atoms with Crippen molar-refractivity contribution < 1.29 is 9.53 Å². The number of imidazole rings is 1. The first-order chi connectivity index (χ1) is 18.2. The average Bonchev–Trinajstić information content (AvgIpc) is 3.33. The molecule has 1 aliphatic carbocycles. The van der Waals surface area contributed by atoms with Gasteiger partial charge < -0.3 is 10.1 Å². The van der Waals surface area contributed by atoms with Crippen molar-refractivity contribution in [3.05, 3.63) is 109 Å². The Labute approximate surface area is 216 Å². The minimum atomic E-state index is -0.375. The van der Waals surface area contributed by atoms with Crippen LogP contribution in [0.4, 0.5) is 5.82 Å². The number of esters is 1. The van der Waals surface area contributed by atoms with E-state index in [9.17, 15) is 4.79 Å². The molecule has 0 spiro atoms. The maximum Gasteiger partial charge on any atom is 0.343 e. The molecule has 1 N–H and O–H groups in total. The highest BCUT2D eigenvalue weighted by atomic mass is 16.5. The van der Waals surface area contributed by atoms with E-state index in [0.717, 1.165) is 33.8 Å². The standard InChI is InChI=1S/C32H29N3O2/c36-32(26-16-14-24(15-17-26)23-9-3-1-4-10-23)37-28-20-18-25(19-21-28)30-31(33-27-11-5-2-6-12-27)35-22-8-7-13-29(35)34-30/h1,3-4,7-10,13-22,27,33H,2,5-6,11-12H2. The van der Waals surface area contributed by atoms with Crippen molar-refractivity contribution in [1.82, 2.24) is 9.38 Å². The summed E-state index contributed by atoms with van der Waals surface area (Å²) in [4.78, 5) is 17.7. The zero-order chi connectivity index (χ0) is 25.0. The van der Waals surface area contributed by atoms with E-state index in [1.54, 1.807) is 12.1 Å². The van der Waals surface area contributed by atoms with Crippen molar-refractivity contribution >= 4 is 17.4 Å². The van der Waals surface area contributed by atoms with Crippen LogP contribution >= 0.6 is 0 Å². The molecule has 3 aromatic carbocycles. The monoisotopic (exact) mass is 487 g/mol. The number of pyridine rings is 1. The molecule has 0 radical (unpaired) electrons. The molecule has 0 unspecified atom stereocenters. The highest BCUT2D eigenvalue weighted by Gasteiger charge is 2.20. The number of ether oxygens (including phenoxy) is 1. The van der Waals surface area contributed by atoms with Crippen LogP contribution in [0.25, 0.3) is 28.0 Å². The Morgan fingerprint density at radius 2 is 1.43 bits per heavy atom. The van der Waals surface area contributed by atoms with Crippen LogP contribution in [0.2, 0.25) is 0 Å². The molecule has 1 aliphatic rings. The van der Waals surface area contributed by atoms with E-state index in [4.69, 9.17) is 9.72 Å². The Morgan fingerprint density at radius 1 is 0.757 bits per heavy atom. The average molecular weight is 488 g/mol. The second-order valence-corrected chi connectivity index (χ2v) is 9.57. The second kappa shape index (κ2) is 10.3. The van der Waals surface area contributed by atoms with E-state index < -0.39 is 0 Å². The molecule has 5 heteroatoms. The molecule has 5 nitrogen and oxygen atoms in total. The molecule has 2 aromatic heterocycles. The zero-order valence-electron chi connectivity index (χ0n) is 20.6. The van der Waals surface area contributed by atoms with Gasteiger partial charge in [-0.2, -0.15) is 0 Å². The first-order valence-electron chi connectivity index (χ1n) is 13.0. The minimum Gasteiger partial charge on any atom is -0.423 e. The Kier molecular flexibility index (Phi) is 6.42.